The maximum Gasteiger partial charge on any atom is 0.302 e. The molecule has 0 atom stereocenters. The van der Waals surface area contributed by atoms with Crippen LogP contribution in [0.2, 0.25) is 0 Å². The molecule has 112 valence electrons. The van der Waals surface area contributed by atoms with Crippen molar-refractivity contribution in [1.29, 1.82) is 0 Å². The number of benzene rings is 1. The number of rotatable bonds is 4. The minimum absolute atomic E-state index is 0.178. The monoisotopic (exact) mass is 291 g/mol. The number of halogens is 1. The lowest BCUT2D eigenvalue weighted by Gasteiger charge is -2.07. The molecular weight excluding hydrogens is 273 g/mol. The average molecular weight is 291 g/mol. The number of carbonyl (C=O) groups excluding carboxylic acids is 1. The zero-order chi connectivity index (χ0) is 15.6. The number of hydrogen-bond donors (Lipinski definition) is 1. The first-order valence-corrected chi connectivity index (χ1v) is 6.58. The third-order valence-electron chi connectivity index (χ3n) is 3.35. The molecule has 2 aromatic rings. The molecule has 0 bridgehead atoms. The molecular formula is C15H18FN3O2. The highest BCUT2D eigenvalue weighted by Crippen LogP contribution is 2.18. The molecule has 0 unspecified atom stereocenters. The van der Waals surface area contributed by atoms with Gasteiger partial charge in [-0.05, 0) is 26.0 Å². The van der Waals surface area contributed by atoms with E-state index in [1.54, 1.807) is 16.8 Å². The Hall–Kier alpha value is -2.37. The second-order valence-electron chi connectivity index (χ2n) is 4.94. The van der Waals surface area contributed by atoms with E-state index in [4.69, 9.17) is 10.5 Å². The van der Waals surface area contributed by atoms with Crippen molar-refractivity contribution in [2.24, 2.45) is 0 Å². The van der Waals surface area contributed by atoms with Crippen LogP contribution in [0.4, 0.5) is 10.1 Å². The van der Waals surface area contributed by atoms with Gasteiger partial charge in [-0.25, -0.2) is 4.39 Å². The highest BCUT2D eigenvalue weighted by atomic mass is 19.1. The van der Waals surface area contributed by atoms with Crippen LogP contribution in [0.5, 0.6) is 0 Å². The molecule has 0 aliphatic carbocycles. The summed E-state index contributed by atoms with van der Waals surface area (Å²) in [5, 5.41) is 4.37. The number of nitrogens with two attached hydrogens (primary N) is 1. The van der Waals surface area contributed by atoms with E-state index in [0.29, 0.717) is 17.8 Å². The van der Waals surface area contributed by atoms with Gasteiger partial charge in [-0.15, -0.1) is 0 Å². The molecule has 0 fully saturated rings. The summed E-state index contributed by atoms with van der Waals surface area (Å²) in [6.45, 7) is 5.55. The van der Waals surface area contributed by atoms with Crippen molar-refractivity contribution in [3.05, 3.63) is 46.5 Å². The zero-order valence-corrected chi connectivity index (χ0v) is 12.3. The molecule has 6 heteroatoms. The number of nitrogen functional groups attached to an aromatic ring is 1. The van der Waals surface area contributed by atoms with Crippen molar-refractivity contribution in [1.82, 2.24) is 9.78 Å². The summed E-state index contributed by atoms with van der Waals surface area (Å²) in [6, 6.07) is 4.59. The number of nitrogens with zero attached hydrogens (tertiary/aromatic N) is 2. The van der Waals surface area contributed by atoms with Crippen LogP contribution < -0.4 is 5.73 Å². The van der Waals surface area contributed by atoms with Gasteiger partial charge in [0, 0.05) is 29.4 Å². The summed E-state index contributed by atoms with van der Waals surface area (Å²) >= 11 is 0. The highest BCUT2D eigenvalue weighted by Gasteiger charge is 2.14. The van der Waals surface area contributed by atoms with Crippen molar-refractivity contribution in [2.45, 2.75) is 33.9 Å². The molecule has 1 aromatic carbocycles. The van der Waals surface area contributed by atoms with Gasteiger partial charge in [-0.2, -0.15) is 5.10 Å². The summed E-state index contributed by atoms with van der Waals surface area (Å²) in [5.74, 6) is -0.699. The zero-order valence-electron chi connectivity index (χ0n) is 12.3. The summed E-state index contributed by atoms with van der Waals surface area (Å²) in [4.78, 5) is 10.9. The van der Waals surface area contributed by atoms with E-state index >= 15 is 0 Å². The predicted molar refractivity (Wildman–Crippen MR) is 77.1 cm³/mol. The molecule has 0 aliphatic heterocycles. The number of esters is 1. The van der Waals surface area contributed by atoms with E-state index in [1.807, 2.05) is 13.8 Å². The van der Waals surface area contributed by atoms with E-state index in [-0.39, 0.29) is 18.4 Å². The third-order valence-corrected chi connectivity index (χ3v) is 3.35. The summed E-state index contributed by atoms with van der Waals surface area (Å²) in [7, 11) is 0. The van der Waals surface area contributed by atoms with Gasteiger partial charge in [0.1, 0.15) is 12.4 Å². The molecule has 0 aliphatic rings. The molecule has 5 nitrogen and oxygen atoms in total. The SMILES string of the molecule is CC(=O)OCc1c(C)nn(Cc2ccc(N)cc2F)c1C. The lowest BCUT2D eigenvalue weighted by Crippen LogP contribution is -2.07. The van der Waals surface area contributed by atoms with Gasteiger partial charge in [0.05, 0.1) is 12.2 Å². The minimum Gasteiger partial charge on any atom is -0.461 e. The molecule has 0 saturated heterocycles. The fourth-order valence-corrected chi connectivity index (χ4v) is 2.12. The molecule has 1 aromatic heterocycles. The van der Waals surface area contributed by atoms with Crippen molar-refractivity contribution in [3.63, 3.8) is 0 Å². The van der Waals surface area contributed by atoms with Crippen molar-refractivity contribution in [2.75, 3.05) is 5.73 Å². The quantitative estimate of drug-likeness (QED) is 0.693. The van der Waals surface area contributed by atoms with Gasteiger partial charge in [-0.1, -0.05) is 6.07 Å². The van der Waals surface area contributed by atoms with E-state index in [9.17, 15) is 9.18 Å². The first-order valence-electron chi connectivity index (χ1n) is 6.58. The Morgan fingerprint density at radius 1 is 1.43 bits per heavy atom. The van der Waals surface area contributed by atoms with Gasteiger partial charge >= 0.3 is 5.97 Å². The number of ether oxygens (including phenoxy) is 1. The van der Waals surface area contributed by atoms with Crippen molar-refractivity contribution >= 4 is 11.7 Å². The minimum atomic E-state index is -0.357. The fourth-order valence-electron chi connectivity index (χ4n) is 2.12. The maximum absolute atomic E-state index is 13.8. The number of hydrogen-bond acceptors (Lipinski definition) is 4. The Bertz CT molecular complexity index is 680. The van der Waals surface area contributed by atoms with Crippen LogP contribution in [0.3, 0.4) is 0 Å². The molecule has 1 heterocycles. The topological polar surface area (TPSA) is 70.1 Å². The Kier molecular flexibility index (Phi) is 4.26. The Balaban J connectivity index is 2.24. The summed E-state index contributed by atoms with van der Waals surface area (Å²) in [6.07, 6.45) is 0. The normalized spacial score (nSPS) is 10.7. The fraction of sp³-hybridized carbons (Fsp3) is 0.333. The van der Waals surface area contributed by atoms with E-state index in [2.05, 4.69) is 5.10 Å². The van der Waals surface area contributed by atoms with Crippen molar-refractivity contribution in [3.8, 4) is 0 Å². The molecule has 21 heavy (non-hydrogen) atoms. The predicted octanol–water partition coefficient (Wildman–Crippen LogP) is 2.33. The Labute approximate surface area is 122 Å². The van der Waals surface area contributed by atoms with Crippen LogP contribution in [0.1, 0.15) is 29.4 Å². The second-order valence-corrected chi connectivity index (χ2v) is 4.94. The molecule has 0 spiro atoms. The molecule has 2 rings (SSSR count). The average Bonchev–Trinajstić information content (AvgIpc) is 2.65. The lowest BCUT2D eigenvalue weighted by atomic mass is 10.2. The van der Waals surface area contributed by atoms with Gasteiger partial charge in [0.25, 0.3) is 0 Å². The first kappa shape index (κ1) is 15.0. The van der Waals surface area contributed by atoms with Crippen LogP contribution >= 0.6 is 0 Å². The summed E-state index contributed by atoms with van der Waals surface area (Å²) < 4.78 is 20.5. The van der Waals surface area contributed by atoms with Gasteiger partial charge in [0.2, 0.25) is 0 Å². The Morgan fingerprint density at radius 3 is 2.76 bits per heavy atom. The van der Waals surface area contributed by atoms with Gasteiger partial charge in [-0.3, -0.25) is 9.48 Å². The van der Waals surface area contributed by atoms with Crippen LogP contribution in [0.15, 0.2) is 18.2 Å². The molecule has 0 amide bonds. The van der Waals surface area contributed by atoms with E-state index < -0.39 is 0 Å². The van der Waals surface area contributed by atoms with Gasteiger partial charge < -0.3 is 10.5 Å². The van der Waals surface area contributed by atoms with Gasteiger partial charge in [0.15, 0.2) is 0 Å². The van der Waals surface area contributed by atoms with Crippen LogP contribution in [0.25, 0.3) is 0 Å². The molecule has 2 N–H and O–H groups in total. The number of aromatic nitrogens is 2. The maximum atomic E-state index is 13.8. The standard InChI is InChI=1S/C15H18FN3O2/c1-9-14(8-21-11(3)20)10(2)19(18-9)7-12-4-5-13(17)6-15(12)16/h4-6H,7-8,17H2,1-3H3. The number of anilines is 1. The Morgan fingerprint density at radius 2 is 2.14 bits per heavy atom. The van der Waals surface area contributed by atoms with E-state index in [1.165, 1.54) is 13.0 Å². The summed E-state index contributed by atoms with van der Waals surface area (Å²) in [5.41, 5.74) is 8.90. The second kappa shape index (κ2) is 5.95. The smallest absolute Gasteiger partial charge is 0.302 e. The van der Waals surface area contributed by atoms with Crippen LogP contribution in [0, 0.1) is 19.7 Å². The largest absolute Gasteiger partial charge is 0.461 e. The highest BCUT2D eigenvalue weighted by molar-refractivity contribution is 5.66. The van der Waals surface area contributed by atoms with Crippen molar-refractivity contribution < 1.29 is 13.9 Å². The lowest BCUT2D eigenvalue weighted by molar-refractivity contribution is -0.142. The van der Waals surface area contributed by atoms with Crippen LogP contribution in [-0.2, 0) is 22.7 Å². The third kappa shape index (κ3) is 3.39. The van der Waals surface area contributed by atoms with E-state index in [0.717, 1.165) is 17.0 Å². The number of aryl methyl sites for hydroxylation is 1. The number of carbonyl (C=O) groups is 1. The molecule has 0 saturated carbocycles. The van der Waals surface area contributed by atoms with Crippen LogP contribution in [-0.4, -0.2) is 15.7 Å². The first-order chi connectivity index (χ1) is 9.88. The molecule has 0 radical (unpaired) electrons.